The summed E-state index contributed by atoms with van der Waals surface area (Å²) >= 11 is 0. The van der Waals surface area contributed by atoms with Crippen LogP contribution in [0.3, 0.4) is 0 Å². The fourth-order valence-electron chi connectivity index (χ4n) is 9.25. The summed E-state index contributed by atoms with van der Waals surface area (Å²) in [5.41, 5.74) is 10.7. The van der Waals surface area contributed by atoms with E-state index in [2.05, 4.69) is 205 Å². The van der Waals surface area contributed by atoms with E-state index >= 15 is 0 Å². The molecule has 0 saturated heterocycles. The summed E-state index contributed by atoms with van der Waals surface area (Å²) in [5.74, 6) is 1.87. The molecule has 0 spiro atoms. The fraction of sp³-hybridized carbons (Fsp3) is 0. The van der Waals surface area contributed by atoms with Crippen LogP contribution in [0.15, 0.2) is 218 Å². The van der Waals surface area contributed by atoms with Crippen LogP contribution >= 0.6 is 0 Å². The number of aromatic nitrogens is 4. The molecule has 61 heavy (non-hydrogen) atoms. The van der Waals surface area contributed by atoms with E-state index in [4.69, 9.17) is 15.0 Å². The first kappa shape index (κ1) is 34.8. The molecule has 0 unspecified atom stereocenters. The molecule has 12 rings (SSSR count). The first-order valence-electron chi connectivity index (χ1n) is 20.7. The van der Waals surface area contributed by atoms with Gasteiger partial charge in [-0.2, -0.15) is 0 Å². The molecule has 284 valence electrons. The third kappa shape index (κ3) is 5.80. The zero-order valence-corrected chi connectivity index (χ0v) is 33.1. The maximum absolute atomic E-state index is 5.30. The van der Waals surface area contributed by atoms with E-state index in [-0.39, 0.29) is 0 Å². The normalized spacial score (nSPS) is 11.6. The number of hydrogen-bond acceptors (Lipinski definition) is 3. The Morgan fingerprint density at radius 1 is 0.295 bits per heavy atom. The smallest absolute Gasteiger partial charge is 0.164 e. The number of nitrogens with zero attached hydrogens (tertiary/aromatic N) is 4. The molecule has 2 aromatic heterocycles. The highest BCUT2D eigenvalue weighted by molar-refractivity contribution is 6.20. The van der Waals surface area contributed by atoms with Gasteiger partial charge < -0.3 is 4.57 Å². The van der Waals surface area contributed by atoms with Gasteiger partial charge in [0.2, 0.25) is 0 Å². The van der Waals surface area contributed by atoms with Gasteiger partial charge in [0.1, 0.15) is 0 Å². The molecule has 10 aromatic carbocycles. The van der Waals surface area contributed by atoms with Crippen molar-refractivity contribution in [3.8, 4) is 62.1 Å². The largest absolute Gasteiger partial charge is 0.309 e. The number of hydrogen-bond donors (Lipinski definition) is 0. The maximum Gasteiger partial charge on any atom is 0.164 e. The Bertz CT molecular complexity index is 3630. The average Bonchev–Trinajstić information content (AvgIpc) is 3.68. The minimum Gasteiger partial charge on any atom is -0.309 e. The van der Waals surface area contributed by atoms with Gasteiger partial charge in [0.05, 0.1) is 11.0 Å². The Hall–Kier alpha value is -8.21. The summed E-state index contributed by atoms with van der Waals surface area (Å²) in [5, 5.41) is 9.84. The molecular weight excluding hydrogens is 741 g/mol. The molecule has 0 fully saturated rings. The predicted octanol–water partition coefficient (Wildman–Crippen LogP) is 14.8. The van der Waals surface area contributed by atoms with Crippen molar-refractivity contribution in [2.75, 3.05) is 0 Å². The van der Waals surface area contributed by atoms with E-state index in [9.17, 15) is 0 Å². The Labute approximate surface area is 352 Å². The van der Waals surface area contributed by atoms with Crippen LogP contribution in [0.4, 0.5) is 0 Å². The van der Waals surface area contributed by atoms with Crippen molar-refractivity contribution < 1.29 is 0 Å². The van der Waals surface area contributed by atoms with E-state index in [1.807, 2.05) is 18.2 Å². The summed E-state index contributed by atoms with van der Waals surface area (Å²) in [6, 6.07) is 77.5. The number of fused-ring (bicyclic) bond motifs is 7. The lowest BCUT2D eigenvalue weighted by atomic mass is 9.89. The average molecular weight is 777 g/mol. The number of rotatable bonds is 6. The minimum atomic E-state index is 0.620. The topological polar surface area (TPSA) is 43.6 Å². The molecular formula is C57H36N4. The van der Waals surface area contributed by atoms with Crippen LogP contribution in [-0.2, 0) is 0 Å². The Balaban J connectivity index is 1.04. The summed E-state index contributed by atoms with van der Waals surface area (Å²) in [4.78, 5) is 15.7. The fourth-order valence-corrected chi connectivity index (χ4v) is 9.25. The van der Waals surface area contributed by atoms with Crippen LogP contribution in [0.25, 0.3) is 116 Å². The summed E-state index contributed by atoms with van der Waals surface area (Å²) in [6.45, 7) is 0. The lowest BCUT2D eigenvalue weighted by molar-refractivity contribution is 1.07. The summed E-state index contributed by atoms with van der Waals surface area (Å²) in [6.07, 6.45) is 0. The van der Waals surface area contributed by atoms with Gasteiger partial charge >= 0.3 is 0 Å². The Morgan fingerprint density at radius 2 is 0.852 bits per heavy atom. The highest BCUT2D eigenvalue weighted by atomic mass is 15.0. The Kier molecular flexibility index (Phi) is 8.13. The predicted molar refractivity (Wildman–Crippen MR) is 254 cm³/mol. The van der Waals surface area contributed by atoms with Crippen molar-refractivity contribution in [2.24, 2.45) is 0 Å². The quantitative estimate of drug-likeness (QED) is 0.125. The van der Waals surface area contributed by atoms with Gasteiger partial charge in [-0.15, -0.1) is 0 Å². The third-order valence-electron chi connectivity index (χ3n) is 12.0. The maximum atomic E-state index is 5.30. The second-order valence-electron chi connectivity index (χ2n) is 15.5. The SMILES string of the molecule is c1ccc(-c2nc(-c3ccc(-c4c5ccccc5cc5c4ccc4ccccc45)cc3)nc(-c3ccccc3-c3cccc4c5ccccc5n(-c5ccccc5)c34)n2)cc1. The van der Waals surface area contributed by atoms with Crippen LogP contribution in [-0.4, -0.2) is 19.5 Å². The zero-order chi connectivity index (χ0) is 40.3. The molecule has 0 N–H and O–H groups in total. The second kappa shape index (κ2) is 14.3. The molecule has 0 aliphatic rings. The zero-order valence-electron chi connectivity index (χ0n) is 33.1. The Morgan fingerprint density at radius 3 is 1.64 bits per heavy atom. The monoisotopic (exact) mass is 776 g/mol. The molecule has 0 saturated carbocycles. The van der Waals surface area contributed by atoms with Crippen molar-refractivity contribution in [1.82, 2.24) is 19.5 Å². The summed E-state index contributed by atoms with van der Waals surface area (Å²) in [7, 11) is 0. The van der Waals surface area contributed by atoms with Gasteiger partial charge in [-0.3, -0.25) is 0 Å². The highest BCUT2D eigenvalue weighted by Crippen LogP contribution is 2.42. The molecule has 0 aliphatic heterocycles. The number of benzene rings is 10. The van der Waals surface area contributed by atoms with Gasteiger partial charge in [0, 0.05) is 38.7 Å². The lowest BCUT2D eigenvalue weighted by Gasteiger charge is -2.15. The molecule has 0 atom stereocenters. The molecule has 12 aromatic rings. The molecule has 0 radical (unpaired) electrons. The second-order valence-corrected chi connectivity index (χ2v) is 15.5. The van der Waals surface area contributed by atoms with Gasteiger partial charge in [0.15, 0.2) is 17.5 Å². The van der Waals surface area contributed by atoms with Gasteiger partial charge in [0.25, 0.3) is 0 Å². The standard InChI is InChI=1S/C57H36N4/c1-3-17-39(18-4-1)55-58-56(40-32-30-38(31-33-40)53-44-23-10-8-19-41(44)36-51-43-22-9-7-16-37(43)34-35-47(51)53)60-57(59-55)50-26-12-11-24-45(50)48-27-15-28-49-46-25-13-14-29-52(46)61(54(48)49)42-20-5-2-6-21-42/h1-36H. The van der Waals surface area contributed by atoms with Gasteiger partial charge in [-0.25, -0.2) is 15.0 Å². The van der Waals surface area contributed by atoms with Gasteiger partial charge in [-0.1, -0.05) is 194 Å². The van der Waals surface area contributed by atoms with E-state index in [0.717, 1.165) is 50.1 Å². The van der Waals surface area contributed by atoms with E-state index in [1.54, 1.807) is 0 Å². The molecule has 0 aliphatic carbocycles. The molecule has 0 amide bonds. The van der Waals surface area contributed by atoms with E-state index in [1.165, 1.54) is 48.7 Å². The van der Waals surface area contributed by atoms with Crippen LogP contribution in [0, 0.1) is 0 Å². The van der Waals surface area contributed by atoms with Crippen LogP contribution in [0.2, 0.25) is 0 Å². The molecule has 2 heterocycles. The van der Waals surface area contributed by atoms with Crippen LogP contribution in [0.1, 0.15) is 0 Å². The van der Waals surface area contributed by atoms with Crippen molar-refractivity contribution in [1.29, 1.82) is 0 Å². The van der Waals surface area contributed by atoms with Crippen molar-refractivity contribution in [2.45, 2.75) is 0 Å². The highest BCUT2D eigenvalue weighted by Gasteiger charge is 2.21. The van der Waals surface area contributed by atoms with E-state index in [0.29, 0.717) is 17.5 Å². The molecule has 0 bridgehead atoms. The van der Waals surface area contributed by atoms with E-state index < -0.39 is 0 Å². The third-order valence-corrected chi connectivity index (χ3v) is 12.0. The molecule has 4 nitrogen and oxygen atoms in total. The summed E-state index contributed by atoms with van der Waals surface area (Å²) < 4.78 is 2.38. The van der Waals surface area contributed by atoms with Crippen molar-refractivity contribution in [3.63, 3.8) is 0 Å². The molecule has 4 heteroatoms. The van der Waals surface area contributed by atoms with Crippen molar-refractivity contribution in [3.05, 3.63) is 218 Å². The number of para-hydroxylation sites is 3. The minimum absolute atomic E-state index is 0.620. The first-order chi connectivity index (χ1) is 30.3. The lowest BCUT2D eigenvalue weighted by Crippen LogP contribution is -2.01. The van der Waals surface area contributed by atoms with Crippen LogP contribution < -0.4 is 0 Å². The first-order valence-corrected chi connectivity index (χ1v) is 20.7. The van der Waals surface area contributed by atoms with Crippen molar-refractivity contribution >= 4 is 54.1 Å². The van der Waals surface area contributed by atoms with Gasteiger partial charge in [-0.05, 0) is 73.3 Å². The van der Waals surface area contributed by atoms with Crippen LogP contribution in [0.5, 0.6) is 0 Å².